The Labute approximate surface area is 226 Å². The van der Waals surface area contributed by atoms with Crippen molar-refractivity contribution in [1.29, 1.82) is 0 Å². The summed E-state index contributed by atoms with van der Waals surface area (Å²) in [5.41, 5.74) is 2.95. The van der Waals surface area contributed by atoms with Gasteiger partial charge in [-0.3, -0.25) is 4.79 Å². The molecule has 0 aliphatic carbocycles. The average Bonchev–Trinajstić information content (AvgIpc) is 2.92. The number of azo groups is 1. The minimum absolute atomic E-state index is 0.157. The fourth-order valence-corrected chi connectivity index (χ4v) is 4.47. The molecule has 204 valence electrons. The third-order valence-corrected chi connectivity index (χ3v) is 6.84. The van der Waals surface area contributed by atoms with E-state index < -0.39 is 0 Å². The molecule has 37 heavy (non-hydrogen) atoms. The van der Waals surface area contributed by atoms with Gasteiger partial charge in [-0.25, -0.2) is 0 Å². The van der Waals surface area contributed by atoms with E-state index in [1.807, 2.05) is 24.3 Å². The molecule has 0 fully saturated rings. The van der Waals surface area contributed by atoms with Crippen LogP contribution >= 0.6 is 0 Å². The minimum Gasteiger partial charge on any atom is -0.427 e. The first-order chi connectivity index (χ1) is 18.2. The van der Waals surface area contributed by atoms with Crippen molar-refractivity contribution in [2.24, 2.45) is 10.2 Å². The molecular formula is C33H50N2O2. The molecule has 2 rings (SSSR count). The van der Waals surface area contributed by atoms with E-state index in [1.165, 1.54) is 95.5 Å². The van der Waals surface area contributed by atoms with Crippen molar-refractivity contribution in [3.63, 3.8) is 0 Å². The third kappa shape index (κ3) is 15.4. The largest absolute Gasteiger partial charge is 0.427 e. The second-order valence-electron chi connectivity index (χ2n) is 10.3. The predicted molar refractivity (Wildman–Crippen MR) is 156 cm³/mol. The second-order valence-corrected chi connectivity index (χ2v) is 10.3. The van der Waals surface area contributed by atoms with Gasteiger partial charge in [0.05, 0.1) is 11.4 Å². The number of unbranched alkanes of at least 4 members (excludes halogenated alkanes) is 14. The molecule has 2 aromatic carbocycles. The summed E-state index contributed by atoms with van der Waals surface area (Å²) in [6.07, 6.45) is 22.1. The van der Waals surface area contributed by atoms with Crippen molar-refractivity contribution in [3.8, 4) is 5.75 Å². The van der Waals surface area contributed by atoms with Crippen LogP contribution in [0.25, 0.3) is 0 Å². The van der Waals surface area contributed by atoms with Gasteiger partial charge in [0.1, 0.15) is 5.75 Å². The number of ether oxygens (including phenoxy) is 1. The normalized spacial score (nSPS) is 11.3. The van der Waals surface area contributed by atoms with E-state index in [0.717, 1.165) is 30.6 Å². The van der Waals surface area contributed by atoms with Gasteiger partial charge in [-0.05, 0) is 61.2 Å². The van der Waals surface area contributed by atoms with Crippen molar-refractivity contribution in [2.75, 3.05) is 0 Å². The van der Waals surface area contributed by atoms with Gasteiger partial charge in [-0.2, -0.15) is 10.2 Å². The molecule has 2 aromatic rings. The zero-order chi connectivity index (χ0) is 26.4. The SMILES string of the molecule is CCCCCCCCCCCCC(=O)Oc1ccc(N=Nc2ccc(CCCCCCCC)cc2)cc1. The van der Waals surface area contributed by atoms with E-state index in [0.29, 0.717) is 12.2 Å². The van der Waals surface area contributed by atoms with E-state index in [9.17, 15) is 4.79 Å². The highest BCUT2D eigenvalue weighted by atomic mass is 16.5. The van der Waals surface area contributed by atoms with Crippen LogP contribution in [0.15, 0.2) is 58.8 Å². The summed E-state index contributed by atoms with van der Waals surface area (Å²) >= 11 is 0. The topological polar surface area (TPSA) is 51.0 Å². The highest BCUT2D eigenvalue weighted by Crippen LogP contribution is 2.22. The van der Waals surface area contributed by atoms with Gasteiger partial charge in [0, 0.05) is 6.42 Å². The number of hydrogen-bond acceptors (Lipinski definition) is 4. The Morgan fingerprint density at radius 2 is 1.00 bits per heavy atom. The summed E-state index contributed by atoms with van der Waals surface area (Å²) in [6.45, 7) is 4.51. The molecule has 4 heteroatoms. The van der Waals surface area contributed by atoms with E-state index in [-0.39, 0.29) is 5.97 Å². The van der Waals surface area contributed by atoms with Crippen LogP contribution in [0.4, 0.5) is 11.4 Å². The molecule has 0 N–H and O–H groups in total. The molecule has 0 unspecified atom stereocenters. The van der Waals surface area contributed by atoms with Crippen molar-refractivity contribution >= 4 is 17.3 Å². The second kappa shape index (κ2) is 20.6. The average molecular weight is 507 g/mol. The van der Waals surface area contributed by atoms with Gasteiger partial charge in [-0.1, -0.05) is 116 Å². The molecule has 4 nitrogen and oxygen atoms in total. The van der Waals surface area contributed by atoms with Crippen LogP contribution in [0.1, 0.15) is 129 Å². The standard InChI is InChI=1S/C33H50N2O2/c1-3-5-7-9-11-12-13-14-16-18-20-33(36)37-32-27-25-31(26-28-32)35-34-30-23-21-29(22-24-30)19-17-15-10-8-6-4-2/h21-28H,3-20H2,1-2H3. The monoisotopic (exact) mass is 506 g/mol. The molecule has 0 saturated heterocycles. The molecule has 0 radical (unpaired) electrons. The number of hydrogen-bond donors (Lipinski definition) is 0. The highest BCUT2D eigenvalue weighted by molar-refractivity contribution is 5.72. The number of esters is 1. The Morgan fingerprint density at radius 1 is 0.568 bits per heavy atom. The van der Waals surface area contributed by atoms with Gasteiger partial charge in [0.15, 0.2) is 0 Å². The van der Waals surface area contributed by atoms with E-state index in [1.54, 1.807) is 12.1 Å². The number of carbonyl (C=O) groups excluding carboxylic acids is 1. The first-order valence-corrected chi connectivity index (χ1v) is 15.0. The Morgan fingerprint density at radius 3 is 1.51 bits per heavy atom. The van der Waals surface area contributed by atoms with Crippen molar-refractivity contribution < 1.29 is 9.53 Å². The minimum atomic E-state index is -0.157. The fraction of sp³-hybridized carbons (Fsp3) is 0.606. The Bertz CT molecular complexity index is 859. The lowest BCUT2D eigenvalue weighted by Gasteiger charge is -2.05. The van der Waals surface area contributed by atoms with E-state index in [4.69, 9.17) is 4.74 Å². The van der Waals surface area contributed by atoms with E-state index >= 15 is 0 Å². The number of rotatable bonds is 21. The summed E-state index contributed by atoms with van der Waals surface area (Å²) in [5.74, 6) is 0.407. The Hall–Kier alpha value is -2.49. The van der Waals surface area contributed by atoms with Crippen LogP contribution in [-0.4, -0.2) is 5.97 Å². The lowest BCUT2D eigenvalue weighted by molar-refractivity contribution is -0.134. The number of nitrogens with zero attached hydrogens (tertiary/aromatic N) is 2. The quantitative estimate of drug-likeness (QED) is 0.0731. The Balaban J connectivity index is 1.59. The number of aryl methyl sites for hydroxylation is 1. The lowest BCUT2D eigenvalue weighted by Crippen LogP contribution is -2.07. The van der Waals surface area contributed by atoms with Gasteiger partial charge >= 0.3 is 5.97 Å². The molecular weight excluding hydrogens is 456 g/mol. The third-order valence-electron chi connectivity index (χ3n) is 6.84. The molecule has 0 bridgehead atoms. The summed E-state index contributed by atoms with van der Waals surface area (Å²) < 4.78 is 5.48. The zero-order valence-corrected chi connectivity index (χ0v) is 23.6. The zero-order valence-electron chi connectivity index (χ0n) is 23.6. The van der Waals surface area contributed by atoms with Crippen LogP contribution in [0.2, 0.25) is 0 Å². The van der Waals surface area contributed by atoms with Gasteiger partial charge in [-0.15, -0.1) is 0 Å². The maximum Gasteiger partial charge on any atom is 0.311 e. The summed E-state index contributed by atoms with van der Waals surface area (Å²) in [4.78, 5) is 12.1. The number of carbonyl (C=O) groups is 1. The maximum absolute atomic E-state index is 12.1. The summed E-state index contributed by atoms with van der Waals surface area (Å²) in [5, 5.41) is 8.67. The first kappa shape index (κ1) is 30.7. The number of benzene rings is 2. The van der Waals surface area contributed by atoms with Crippen LogP contribution in [0.3, 0.4) is 0 Å². The Kier molecular flexibility index (Phi) is 17.1. The highest BCUT2D eigenvalue weighted by Gasteiger charge is 2.05. The van der Waals surface area contributed by atoms with Crippen LogP contribution < -0.4 is 4.74 Å². The first-order valence-electron chi connectivity index (χ1n) is 15.0. The molecule has 0 spiro atoms. The molecule has 0 atom stereocenters. The lowest BCUT2D eigenvalue weighted by atomic mass is 10.0. The van der Waals surface area contributed by atoms with Crippen LogP contribution in [0, 0.1) is 0 Å². The van der Waals surface area contributed by atoms with Crippen LogP contribution in [0.5, 0.6) is 5.75 Å². The molecule has 0 aliphatic rings. The van der Waals surface area contributed by atoms with Crippen molar-refractivity contribution in [2.45, 2.75) is 129 Å². The molecule has 0 aromatic heterocycles. The molecule has 0 aliphatic heterocycles. The van der Waals surface area contributed by atoms with Crippen LogP contribution in [-0.2, 0) is 11.2 Å². The summed E-state index contributed by atoms with van der Waals surface area (Å²) in [7, 11) is 0. The molecule has 0 amide bonds. The van der Waals surface area contributed by atoms with Crippen molar-refractivity contribution in [1.82, 2.24) is 0 Å². The van der Waals surface area contributed by atoms with Gasteiger partial charge in [0.2, 0.25) is 0 Å². The molecule has 0 heterocycles. The van der Waals surface area contributed by atoms with E-state index in [2.05, 4.69) is 36.2 Å². The van der Waals surface area contributed by atoms with Gasteiger partial charge < -0.3 is 4.74 Å². The van der Waals surface area contributed by atoms with Gasteiger partial charge in [0.25, 0.3) is 0 Å². The smallest absolute Gasteiger partial charge is 0.311 e. The fourth-order valence-electron chi connectivity index (χ4n) is 4.47. The maximum atomic E-state index is 12.1. The molecule has 0 saturated carbocycles. The predicted octanol–water partition coefficient (Wildman–Crippen LogP) is 11.2. The van der Waals surface area contributed by atoms with Crippen molar-refractivity contribution in [3.05, 3.63) is 54.1 Å². The summed E-state index contributed by atoms with van der Waals surface area (Å²) in [6, 6.07) is 15.6.